The van der Waals surface area contributed by atoms with E-state index in [0.29, 0.717) is 60.0 Å². The van der Waals surface area contributed by atoms with Crippen LogP contribution in [0.3, 0.4) is 0 Å². The van der Waals surface area contributed by atoms with Gasteiger partial charge in [-0.1, -0.05) is 12.2 Å². The third-order valence-corrected chi connectivity index (χ3v) is 11.7. The molecule has 2 aromatic rings. The zero-order valence-electron chi connectivity index (χ0n) is 26.5. The maximum atomic E-state index is 14.1. The van der Waals surface area contributed by atoms with E-state index in [-0.39, 0.29) is 37.9 Å². The van der Waals surface area contributed by atoms with Crippen LogP contribution in [0.4, 0.5) is 0 Å². The van der Waals surface area contributed by atoms with Crippen molar-refractivity contribution in [1.29, 1.82) is 0 Å². The van der Waals surface area contributed by atoms with Gasteiger partial charge in [0.05, 0.1) is 23.7 Å². The van der Waals surface area contributed by atoms with Gasteiger partial charge in [-0.05, 0) is 70.4 Å². The van der Waals surface area contributed by atoms with E-state index in [1.54, 1.807) is 24.1 Å². The van der Waals surface area contributed by atoms with Crippen LogP contribution in [0.1, 0.15) is 58.3 Å². The molecule has 2 N–H and O–H groups in total. The number of rotatable bonds is 7. The molecule has 47 heavy (non-hydrogen) atoms. The molecule has 13 nitrogen and oxygen atoms in total. The Bertz CT molecular complexity index is 1740. The van der Waals surface area contributed by atoms with Crippen LogP contribution in [-0.4, -0.2) is 79.9 Å². The van der Waals surface area contributed by atoms with Crippen molar-refractivity contribution in [2.75, 3.05) is 27.0 Å². The molecule has 5 unspecified atom stereocenters. The first-order valence-corrected chi connectivity index (χ1v) is 18.0. The minimum Gasteiger partial charge on any atom is -0.489 e. The molecule has 7 rings (SSSR count). The van der Waals surface area contributed by atoms with Crippen LogP contribution in [0.5, 0.6) is 23.1 Å². The Morgan fingerprint density at radius 2 is 1.98 bits per heavy atom. The molecule has 3 saturated carbocycles. The fourth-order valence-corrected chi connectivity index (χ4v) is 8.35. The van der Waals surface area contributed by atoms with Gasteiger partial charge in [-0.3, -0.25) is 19.1 Å². The number of hydrogen-bond donors (Lipinski definition) is 2. The zero-order valence-corrected chi connectivity index (χ0v) is 27.3. The van der Waals surface area contributed by atoms with Crippen molar-refractivity contribution in [1.82, 2.24) is 19.9 Å². The summed E-state index contributed by atoms with van der Waals surface area (Å²) in [6, 6.07) is 5.31. The number of ether oxygens (including phenoxy) is 4. The van der Waals surface area contributed by atoms with Crippen LogP contribution in [0.25, 0.3) is 10.9 Å². The van der Waals surface area contributed by atoms with E-state index in [1.165, 1.54) is 0 Å². The highest BCUT2D eigenvalue weighted by molar-refractivity contribution is 7.91. The minimum atomic E-state index is -3.82. The second kappa shape index (κ2) is 12.2. The molecule has 0 radical (unpaired) electrons. The predicted octanol–water partition coefficient (Wildman–Crippen LogP) is 2.82. The molecule has 1 aromatic carbocycles. The number of benzene rings is 1. The number of nitrogens with one attached hydrogen (secondary N) is 2. The lowest BCUT2D eigenvalue weighted by Crippen LogP contribution is -2.54. The summed E-state index contributed by atoms with van der Waals surface area (Å²) in [5.74, 6) is -1.33. The zero-order chi connectivity index (χ0) is 32.9. The van der Waals surface area contributed by atoms with Crippen LogP contribution in [-0.2, 0) is 24.4 Å². The Kier molecular flexibility index (Phi) is 8.17. The topological polar surface area (TPSA) is 162 Å². The lowest BCUT2D eigenvalue weighted by Gasteiger charge is -2.26. The summed E-state index contributed by atoms with van der Waals surface area (Å²) in [6.07, 6.45) is 7.51. The molecule has 0 bridgehead atoms. The van der Waals surface area contributed by atoms with E-state index in [2.05, 4.69) is 15.0 Å². The first kappa shape index (κ1) is 31.5. The molecule has 252 valence electrons. The highest BCUT2D eigenvalue weighted by atomic mass is 32.2. The van der Waals surface area contributed by atoms with Crippen molar-refractivity contribution in [3.05, 3.63) is 30.4 Å². The normalized spacial score (nSPS) is 29.7. The van der Waals surface area contributed by atoms with Gasteiger partial charge < -0.3 is 29.2 Å². The monoisotopic (exact) mass is 668 g/mol. The summed E-state index contributed by atoms with van der Waals surface area (Å²) < 4.78 is 51.1. The second-order valence-corrected chi connectivity index (χ2v) is 15.1. The summed E-state index contributed by atoms with van der Waals surface area (Å²) in [7, 11) is -2.07. The average molecular weight is 669 g/mol. The maximum Gasteiger partial charge on any atom is 0.259 e. The number of carbonyl (C=O) groups excluding carboxylic acids is 3. The Morgan fingerprint density at radius 1 is 1.17 bits per heavy atom. The third-order valence-electron chi connectivity index (χ3n) is 9.84. The SMILES string of the molecule is CCOc1cc(OC2CC3C(=O)NC4(C(=O)NS(=O)(=O)C5CC5)CC4/C=C/CCCCN(C)C(=O)C3C2)c2ccc3c(c2n1)OCO3. The van der Waals surface area contributed by atoms with E-state index in [9.17, 15) is 22.8 Å². The number of hydrogen-bond acceptors (Lipinski definition) is 10. The number of carbonyl (C=O) groups is 3. The van der Waals surface area contributed by atoms with E-state index < -0.39 is 50.6 Å². The summed E-state index contributed by atoms with van der Waals surface area (Å²) in [5, 5.41) is 3.01. The smallest absolute Gasteiger partial charge is 0.259 e. The van der Waals surface area contributed by atoms with Crippen LogP contribution in [0.2, 0.25) is 0 Å². The molecule has 3 aliphatic carbocycles. The number of pyridine rings is 1. The summed E-state index contributed by atoms with van der Waals surface area (Å²) in [4.78, 5) is 47.8. The van der Waals surface area contributed by atoms with Gasteiger partial charge in [-0.2, -0.15) is 0 Å². The molecule has 2 aliphatic heterocycles. The van der Waals surface area contributed by atoms with Gasteiger partial charge in [0.2, 0.25) is 34.5 Å². The molecule has 5 atom stereocenters. The van der Waals surface area contributed by atoms with Gasteiger partial charge in [-0.15, -0.1) is 0 Å². The lowest BCUT2D eigenvalue weighted by atomic mass is 9.93. The van der Waals surface area contributed by atoms with Crippen molar-refractivity contribution in [3.8, 4) is 23.1 Å². The van der Waals surface area contributed by atoms with Crippen molar-refractivity contribution in [3.63, 3.8) is 0 Å². The van der Waals surface area contributed by atoms with E-state index >= 15 is 0 Å². The molecule has 3 fully saturated rings. The Morgan fingerprint density at radius 3 is 2.77 bits per heavy atom. The summed E-state index contributed by atoms with van der Waals surface area (Å²) in [5.41, 5.74) is -0.873. The molecule has 3 amide bonds. The number of allylic oxidation sites excluding steroid dienone is 1. The van der Waals surface area contributed by atoms with Gasteiger partial charge in [0, 0.05) is 31.0 Å². The van der Waals surface area contributed by atoms with E-state index in [0.717, 1.165) is 19.3 Å². The molecular weight excluding hydrogens is 628 g/mol. The second-order valence-electron chi connectivity index (χ2n) is 13.1. The van der Waals surface area contributed by atoms with Crippen molar-refractivity contribution < 1.29 is 41.7 Å². The number of amides is 3. The molecule has 1 aromatic heterocycles. The Hall–Kier alpha value is -4.07. The lowest BCUT2D eigenvalue weighted by molar-refractivity contribution is -0.140. The third kappa shape index (κ3) is 6.07. The Balaban J connectivity index is 1.18. The van der Waals surface area contributed by atoms with Gasteiger partial charge >= 0.3 is 0 Å². The van der Waals surface area contributed by atoms with Crippen LogP contribution >= 0.6 is 0 Å². The quantitative estimate of drug-likeness (QED) is 0.420. The maximum absolute atomic E-state index is 14.1. The van der Waals surface area contributed by atoms with Gasteiger partial charge in [0.15, 0.2) is 11.5 Å². The highest BCUT2D eigenvalue weighted by Crippen LogP contribution is 2.48. The van der Waals surface area contributed by atoms with Crippen molar-refractivity contribution >= 4 is 38.6 Å². The summed E-state index contributed by atoms with van der Waals surface area (Å²) in [6.45, 7) is 2.86. The highest BCUT2D eigenvalue weighted by Gasteiger charge is 2.62. The minimum absolute atomic E-state index is 0.0740. The van der Waals surface area contributed by atoms with E-state index in [1.807, 2.05) is 25.1 Å². The average Bonchev–Trinajstić information content (AvgIpc) is 3.91. The molecule has 3 heterocycles. The van der Waals surface area contributed by atoms with Crippen molar-refractivity contribution in [2.24, 2.45) is 17.8 Å². The van der Waals surface area contributed by atoms with Gasteiger partial charge in [-0.25, -0.2) is 13.4 Å². The van der Waals surface area contributed by atoms with Crippen LogP contribution in [0, 0.1) is 17.8 Å². The van der Waals surface area contributed by atoms with Crippen LogP contribution < -0.4 is 29.0 Å². The first-order chi connectivity index (χ1) is 22.6. The summed E-state index contributed by atoms with van der Waals surface area (Å²) >= 11 is 0. The molecule has 0 saturated heterocycles. The molecular formula is C33H40N4O9S. The van der Waals surface area contributed by atoms with Crippen LogP contribution in [0.15, 0.2) is 30.4 Å². The molecule has 14 heteroatoms. The van der Waals surface area contributed by atoms with E-state index in [4.69, 9.17) is 18.9 Å². The number of nitrogens with zero attached hydrogens (tertiary/aromatic N) is 2. The van der Waals surface area contributed by atoms with Gasteiger partial charge in [0.1, 0.15) is 22.9 Å². The number of fused-ring (bicyclic) bond motifs is 5. The number of sulfonamides is 1. The number of aromatic nitrogens is 1. The largest absolute Gasteiger partial charge is 0.489 e. The standard InChI is InChI=1S/C33H40N4O9S/c1-3-43-27-16-26(22-11-12-25-29(28(22)34-27)45-18-44-25)46-20-14-23-24(15-20)31(39)37(2)13-7-5-4-6-8-19-17-33(19,35-30(23)38)32(40)36-47(41,42)21-9-10-21/h6,8,11-12,16,19-21,23-24H,3-5,7,9-10,13-15,17-18H2,1-2H3,(H,35,38)(H,36,40)/b8-6+. The fourth-order valence-electron chi connectivity index (χ4n) is 6.99. The van der Waals surface area contributed by atoms with Crippen molar-refractivity contribution in [2.45, 2.75) is 75.2 Å². The molecule has 5 aliphatic rings. The Labute approximate surface area is 273 Å². The first-order valence-electron chi connectivity index (χ1n) is 16.4. The fraction of sp³-hybridized carbons (Fsp3) is 0.576. The van der Waals surface area contributed by atoms with Gasteiger partial charge in [0.25, 0.3) is 5.91 Å². The predicted molar refractivity (Wildman–Crippen MR) is 169 cm³/mol. The molecule has 0 spiro atoms.